The fourth-order valence-electron chi connectivity index (χ4n) is 4.42. The van der Waals surface area contributed by atoms with Gasteiger partial charge in [-0.2, -0.15) is 0 Å². The Labute approximate surface area is 190 Å². The van der Waals surface area contributed by atoms with E-state index in [1.165, 1.54) is 27.5 Å². The Morgan fingerprint density at radius 1 is 0.969 bits per heavy atom. The first-order valence-corrected chi connectivity index (χ1v) is 11.8. The number of quaternary nitrogens is 1. The lowest BCUT2D eigenvalue weighted by Crippen LogP contribution is -3.15. The van der Waals surface area contributed by atoms with Gasteiger partial charge >= 0.3 is 0 Å². The van der Waals surface area contributed by atoms with Crippen molar-refractivity contribution < 1.29 is 9.29 Å². The van der Waals surface area contributed by atoms with Gasteiger partial charge in [0.2, 0.25) is 5.82 Å². The molecule has 0 unspecified atom stereocenters. The number of hydrogen-bond acceptors (Lipinski definition) is 5. The number of thiophene rings is 1. The molecule has 0 bridgehead atoms. The van der Waals surface area contributed by atoms with E-state index in [9.17, 15) is 4.39 Å². The smallest absolute Gasteiger partial charge is 0.215 e. The van der Waals surface area contributed by atoms with E-state index >= 15 is 0 Å². The number of halogens is 1. The lowest BCUT2D eigenvalue weighted by molar-refractivity contribution is -0.926. The second-order valence-electron chi connectivity index (χ2n) is 8.07. The van der Waals surface area contributed by atoms with E-state index in [0.717, 1.165) is 50.7 Å². The summed E-state index contributed by atoms with van der Waals surface area (Å²) in [4.78, 5) is 5.07. The largest absolute Gasteiger partial charge is 0.360 e. The molecule has 32 heavy (non-hydrogen) atoms. The Morgan fingerprint density at radius 2 is 1.75 bits per heavy atom. The van der Waals surface area contributed by atoms with Crippen LogP contribution in [0.1, 0.15) is 22.3 Å². The van der Waals surface area contributed by atoms with E-state index in [4.69, 9.17) is 0 Å². The summed E-state index contributed by atoms with van der Waals surface area (Å²) in [6.45, 7) is 4.50. The molecule has 1 N–H and O–H groups in total. The number of nitrogens with one attached hydrogen (secondary N) is 1. The first kappa shape index (κ1) is 20.8. The van der Waals surface area contributed by atoms with Gasteiger partial charge in [-0.1, -0.05) is 36.4 Å². The Balaban J connectivity index is 1.34. The van der Waals surface area contributed by atoms with Gasteiger partial charge in [-0.25, -0.2) is 9.07 Å². The van der Waals surface area contributed by atoms with Crippen molar-refractivity contribution in [1.82, 2.24) is 20.2 Å². The molecule has 1 atom stereocenters. The molecule has 0 radical (unpaired) electrons. The zero-order valence-corrected chi connectivity index (χ0v) is 18.6. The van der Waals surface area contributed by atoms with E-state index < -0.39 is 0 Å². The molecule has 1 aliphatic rings. The van der Waals surface area contributed by atoms with Crippen LogP contribution < -0.4 is 9.80 Å². The van der Waals surface area contributed by atoms with Gasteiger partial charge in [0, 0.05) is 12.2 Å². The van der Waals surface area contributed by atoms with Crippen LogP contribution in [0.25, 0.3) is 0 Å². The van der Waals surface area contributed by atoms with Crippen LogP contribution in [0.15, 0.2) is 72.1 Å². The summed E-state index contributed by atoms with van der Waals surface area (Å²) in [6.07, 6.45) is 0.893. The monoisotopic (exact) mass is 449 g/mol. The van der Waals surface area contributed by atoms with Gasteiger partial charge in [0.25, 0.3) is 0 Å². The van der Waals surface area contributed by atoms with Crippen molar-refractivity contribution in [3.05, 3.63) is 94.2 Å². The van der Waals surface area contributed by atoms with Gasteiger partial charge in [-0.3, -0.25) is 0 Å². The van der Waals surface area contributed by atoms with Crippen molar-refractivity contribution in [2.45, 2.75) is 19.0 Å². The highest BCUT2D eigenvalue weighted by Crippen LogP contribution is 2.23. The number of nitrogens with zero attached hydrogens (tertiary/aromatic N) is 5. The topological polar surface area (TPSA) is 51.3 Å². The molecule has 8 heteroatoms. The third-order valence-corrected chi connectivity index (χ3v) is 7.04. The summed E-state index contributed by atoms with van der Waals surface area (Å²) in [7, 11) is 0. The highest BCUT2D eigenvalue weighted by Gasteiger charge is 2.34. The lowest BCUT2D eigenvalue weighted by Gasteiger charge is -2.36. The standard InChI is InChI=1S/C24H25FN6S/c25-20-8-10-21(11-9-20)29-14-16-30(17-15-29)23(22-7-4-18-32-22)24-26-27-28-31(24)13-12-19-5-2-1-3-6-19/h1-11,18,23H,12-17H2/p+1/t23-/m1/s1. The van der Waals surface area contributed by atoms with Crippen LogP contribution in [-0.4, -0.2) is 46.4 Å². The van der Waals surface area contributed by atoms with Gasteiger partial charge in [0.1, 0.15) is 5.82 Å². The minimum Gasteiger partial charge on any atom is -0.360 e. The summed E-state index contributed by atoms with van der Waals surface area (Å²) < 4.78 is 15.3. The maximum Gasteiger partial charge on any atom is 0.215 e. The normalized spacial score (nSPS) is 15.7. The molecular weight excluding hydrogens is 423 g/mol. The number of aromatic nitrogens is 4. The van der Waals surface area contributed by atoms with Crippen molar-refractivity contribution >= 4 is 17.0 Å². The van der Waals surface area contributed by atoms with Crippen LogP contribution in [0.4, 0.5) is 10.1 Å². The molecule has 1 fully saturated rings. The molecule has 6 nitrogen and oxygen atoms in total. The SMILES string of the molecule is Fc1ccc(N2CC[NH+]([C@H](c3cccs3)c3nnnn3CCc3ccccc3)CC2)cc1. The number of aryl methyl sites for hydroxylation is 2. The van der Waals surface area contributed by atoms with Crippen LogP contribution >= 0.6 is 11.3 Å². The van der Waals surface area contributed by atoms with Crippen LogP contribution in [0.3, 0.4) is 0 Å². The fraction of sp³-hybridized carbons (Fsp3) is 0.292. The number of hydrogen-bond donors (Lipinski definition) is 1. The van der Waals surface area contributed by atoms with Crippen molar-refractivity contribution in [2.24, 2.45) is 0 Å². The van der Waals surface area contributed by atoms with Crippen LogP contribution in [0.5, 0.6) is 0 Å². The predicted octanol–water partition coefficient (Wildman–Crippen LogP) is 2.61. The number of anilines is 1. The van der Waals surface area contributed by atoms with Gasteiger partial charge in [-0.05, 0) is 58.1 Å². The number of benzene rings is 2. The third-order valence-electron chi connectivity index (χ3n) is 6.11. The lowest BCUT2D eigenvalue weighted by atomic mass is 10.1. The summed E-state index contributed by atoms with van der Waals surface area (Å²) in [5.74, 6) is 0.728. The second kappa shape index (κ2) is 9.58. The Morgan fingerprint density at radius 3 is 2.47 bits per heavy atom. The molecule has 164 valence electrons. The van der Waals surface area contributed by atoms with Gasteiger partial charge in [0.05, 0.1) is 31.1 Å². The number of rotatable bonds is 7. The predicted molar refractivity (Wildman–Crippen MR) is 123 cm³/mol. The fourth-order valence-corrected chi connectivity index (χ4v) is 5.30. The average Bonchev–Trinajstić information content (AvgIpc) is 3.53. The molecule has 2 aromatic heterocycles. The van der Waals surface area contributed by atoms with Crippen LogP contribution in [0.2, 0.25) is 0 Å². The van der Waals surface area contributed by atoms with Crippen LogP contribution in [0, 0.1) is 5.82 Å². The zero-order chi connectivity index (χ0) is 21.8. The average molecular weight is 450 g/mol. The molecule has 0 amide bonds. The number of tetrazole rings is 1. The summed E-state index contributed by atoms with van der Waals surface area (Å²) in [5.41, 5.74) is 2.35. The number of piperazine rings is 1. The molecule has 0 saturated carbocycles. The second-order valence-corrected chi connectivity index (χ2v) is 9.05. The Kier molecular flexibility index (Phi) is 6.22. The minimum absolute atomic E-state index is 0.108. The molecule has 4 aromatic rings. The molecule has 0 aliphatic carbocycles. The van der Waals surface area contributed by atoms with Gasteiger partial charge in [-0.15, -0.1) is 16.4 Å². The Bertz CT molecular complexity index is 1110. The first-order valence-electron chi connectivity index (χ1n) is 11.0. The molecule has 3 heterocycles. The van der Waals surface area contributed by atoms with E-state index in [0.29, 0.717) is 0 Å². The third kappa shape index (κ3) is 4.56. The van der Waals surface area contributed by atoms with E-state index in [-0.39, 0.29) is 11.9 Å². The Hall–Kier alpha value is -3.10. The van der Waals surface area contributed by atoms with E-state index in [2.05, 4.69) is 62.2 Å². The van der Waals surface area contributed by atoms with Crippen molar-refractivity contribution in [3.63, 3.8) is 0 Å². The minimum atomic E-state index is -0.196. The quantitative estimate of drug-likeness (QED) is 0.471. The van der Waals surface area contributed by atoms with Gasteiger partial charge in [0.15, 0.2) is 6.04 Å². The van der Waals surface area contributed by atoms with Crippen molar-refractivity contribution in [3.8, 4) is 0 Å². The molecular formula is C24H26FN6S+. The first-order chi connectivity index (χ1) is 15.8. The molecule has 2 aromatic carbocycles. The van der Waals surface area contributed by atoms with Crippen LogP contribution in [-0.2, 0) is 13.0 Å². The highest BCUT2D eigenvalue weighted by atomic mass is 32.1. The maximum absolute atomic E-state index is 13.3. The molecule has 1 aliphatic heterocycles. The van der Waals surface area contributed by atoms with E-state index in [1.807, 2.05) is 22.9 Å². The molecule has 0 spiro atoms. The maximum atomic E-state index is 13.3. The highest BCUT2D eigenvalue weighted by molar-refractivity contribution is 7.10. The van der Waals surface area contributed by atoms with Crippen molar-refractivity contribution in [2.75, 3.05) is 31.1 Å². The van der Waals surface area contributed by atoms with Gasteiger partial charge < -0.3 is 9.80 Å². The summed E-state index contributed by atoms with van der Waals surface area (Å²) in [5, 5.41) is 15.0. The molecule has 1 saturated heterocycles. The molecule has 5 rings (SSSR count). The summed E-state index contributed by atoms with van der Waals surface area (Å²) in [6, 6.07) is 21.6. The zero-order valence-electron chi connectivity index (χ0n) is 17.8. The van der Waals surface area contributed by atoms with Crippen molar-refractivity contribution in [1.29, 1.82) is 0 Å². The summed E-state index contributed by atoms with van der Waals surface area (Å²) >= 11 is 1.76. The van der Waals surface area contributed by atoms with E-state index in [1.54, 1.807) is 11.3 Å².